The fraction of sp³-hybridized carbons (Fsp3) is 0.111. The summed E-state index contributed by atoms with van der Waals surface area (Å²) in [5.74, 6) is -0.0496. The molecule has 0 heterocycles. The number of Topliss-reactive ketones (excluding diaryl/α,β-unsaturated/α-hetero) is 1. The fourth-order valence-corrected chi connectivity index (χ4v) is 1.06. The van der Waals surface area contributed by atoms with Crippen LogP contribution in [0.2, 0.25) is 0 Å². The Morgan fingerprint density at radius 2 is 2.08 bits per heavy atom. The van der Waals surface area contributed by atoms with Gasteiger partial charge in [0.2, 0.25) is 0 Å². The number of ketones is 1. The number of rotatable bonds is 2. The van der Waals surface area contributed by atoms with E-state index in [1.54, 1.807) is 12.1 Å². The number of hydrogen-bond acceptors (Lipinski definition) is 3. The zero-order valence-electron chi connectivity index (χ0n) is 7.57. The van der Waals surface area contributed by atoms with Crippen LogP contribution in [-0.2, 0) is 0 Å². The van der Waals surface area contributed by atoms with E-state index in [9.17, 15) is 9.59 Å². The Labute approximate surface area is 104 Å². The van der Waals surface area contributed by atoms with Crippen LogP contribution in [0.3, 0.4) is 0 Å². The molecule has 0 aliphatic rings. The second-order valence-corrected chi connectivity index (χ2v) is 2.93. The summed E-state index contributed by atoms with van der Waals surface area (Å²) in [5.41, 5.74) is 0.987. The number of aldehydes is 1. The van der Waals surface area contributed by atoms with Gasteiger partial charge >= 0.3 is 0 Å². The van der Waals surface area contributed by atoms with Gasteiger partial charge in [0.25, 0.3) is 0 Å². The summed E-state index contributed by atoms with van der Waals surface area (Å²) in [6, 6.07) is 4.83. The normalized spacial score (nSPS) is 8.77. The molecule has 0 fully saturated rings. The Hall–Kier alpha value is -0.0900. The first-order chi connectivity index (χ1) is 5.65. The third-order valence-corrected chi connectivity index (χ3v) is 1.97. The molecule has 0 aliphatic carbocycles. The van der Waals surface area contributed by atoms with E-state index in [1.807, 2.05) is 0 Å². The molecule has 0 unspecified atom stereocenters. The summed E-state index contributed by atoms with van der Waals surface area (Å²) >= 11 is 4.05. The molecule has 0 aromatic heterocycles. The minimum absolute atomic E-state index is 0. The Morgan fingerprint density at radius 3 is 2.54 bits per heavy atom. The van der Waals surface area contributed by atoms with E-state index in [0.717, 1.165) is 0 Å². The van der Waals surface area contributed by atoms with Crippen molar-refractivity contribution in [3.8, 4) is 0 Å². The number of thiol groups is 1. The van der Waals surface area contributed by atoms with Gasteiger partial charge in [-0.2, -0.15) is 0 Å². The van der Waals surface area contributed by atoms with Crippen molar-refractivity contribution in [3.63, 3.8) is 0 Å². The second-order valence-electron chi connectivity index (χ2n) is 2.45. The van der Waals surface area contributed by atoms with Gasteiger partial charge in [-0.25, -0.2) is 0 Å². The molecule has 1 aromatic rings. The average Bonchev–Trinajstić information content (AvgIpc) is 2.05. The molecule has 0 spiro atoms. The molecule has 1 aromatic carbocycles. The molecular formula is C9H8NaO2S. The van der Waals surface area contributed by atoms with E-state index in [0.29, 0.717) is 22.3 Å². The maximum Gasteiger partial charge on any atom is 0.159 e. The predicted molar refractivity (Wildman–Crippen MR) is 54.8 cm³/mol. The van der Waals surface area contributed by atoms with Crippen molar-refractivity contribution in [3.05, 3.63) is 29.3 Å². The molecule has 0 saturated carbocycles. The molecule has 0 saturated heterocycles. The van der Waals surface area contributed by atoms with E-state index in [4.69, 9.17) is 0 Å². The zero-order chi connectivity index (χ0) is 9.14. The van der Waals surface area contributed by atoms with E-state index in [2.05, 4.69) is 12.6 Å². The van der Waals surface area contributed by atoms with Crippen LogP contribution in [-0.4, -0.2) is 41.6 Å². The van der Waals surface area contributed by atoms with Crippen LogP contribution in [0.4, 0.5) is 0 Å². The average molecular weight is 203 g/mol. The van der Waals surface area contributed by atoms with Gasteiger partial charge < -0.3 is 0 Å². The molecule has 13 heavy (non-hydrogen) atoms. The number of carbonyl (C=O) groups excluding carboxylic acids is 2. The van der Waals surface area contributed by atoms with Gasteiger partial charge in [0.15, 0.2) is 12.1 Å². The van der Waals surface area contributed by atoms with Gasteiger partial charge in [0.1, 0.15) is 0 Å². The van der Waals surface area contributed by atoms with Crippen LogP contribution in [0.5, 0.6) is 0 Å². The first kappa shape index (κ1) is 12.9. The molecule has 0 bridgehead atoms. The van der Waals surface area contributed by atoms with Crippen LogP contribution in [0.25, 0.3) is 0 Å². The SMILES string of the molecule is CC(=O)c1ccc(S)c(C=O)c1.[Na]. The van der Waals surface area contributed by atoms with Crippen molar-refractivity contribution >= 4 is 54.3 Å². The molecule has 0 aliphatic heterocycles. The monoisotopic (exact) mass is 203 g/mol. The first-order valence-electron chi connectivity index (χ1n) is 3.44. The summed E-state index contributed by atoms with van der Waals surface area (Å²) < 4.78 is 0. The van der Waals surface area contributed by atoms with Crippen molar-refractivity contribution in [2.75, 3.05) is 0 Å². The number of hydrogen-bond donors (Lipinski definition) is 1. The summed E-state index contributed by atoms with van der Waals surface area (Å²) in [5, 5.41) is 0. The molecule has 1 rings (SSSR count). The van der Waals surface area contributed by atoms with Crippen LogP contribution in [0.15, 0.2) is 23.1 Å². The van der Waals surface area contributed by atoms with E-state index in [-0.39, 0.29) is 35.3 Å². The van der Waals surface area contributed by atoms with Gasteiger partial charge in [-0.3, -0.25) is 9.59 Å². The topological polar surface area (TPSA) is 34.1 Å². The molecule has 0 atom stereocenters. The van der Waals surface area contributed by atoms with Gasteiger partial charge in [-0.15, -0.1) is 12.6 Å². The number of benzene rings is 1. The van der Waals surface area contributed by atoms with Crippen molar-refractivity contribution in [2.24, 2.45) is 0 Å². The summed E-state index contributed by atoms with van der Waals surface area (Å²) in [4.78, 5) is 21.9. The maximum absolute atomic E-state index is 10.9. The molecule has 4 heteroatoms. The van der Waals surface area contributed by atoms with Crippen LogP contribution in [0, 0.1) is 0 Å². The summed E-state index contributed by atoms with van der Waals surface area (Å²) in [6.45, 7) is 1.46. The minimum atomic E-state index is -0.0496. The van der Waals surface area contributed by atoms with Crippen LogP contribution in [0.1, 0.15) is 27.6 Å². The van der Waals surface area contributed by atoms with Gasteiger partial charge in [0, 0.05) is 45.6 Å². The molecule has 63 valence electrons. The molecule has 0 N–H and O–H groups in total. The first-order valence-corrected chi connectivity index (χ1v) is 3.89. The Balaban J connectivity index is 0.00000144. The van der Waals surface area contributed by atoms with Gasteiger partial charge in [0.05, 0.1) is 0 Å². The Bertz CT molecular complexity index is 336. The quantitative estimate of drug-likeness (QED) is 0.343. The standard InChI is InChI=1S/C9H8O2S.Na/c1-6(11)7-2-3-9(12)8(4-7)5-10;/h2-5,12H,1H3;. The van der Waals surface area contributed by atoms with Gasteiger partial charge in [-0.1, -0.05) is 6.07 Å². The molecule has 0 amide bonds. The molecule has 2 nitrogen and oxygen atoms in total. The number of carbonyl (C=O) groups is 2. The Morgan fingerprint density at radius 1 is 1.46 bits per heavy atom. The van der Waals surface area contributed by atoms with Crippen LogP contribution >= 0.6 is 12.6 Å². The molecule has 1 radical (unpaired) electrons. The van der Waals surface area contributed by atoms with Crippen molar-refractivity contribution in [1.82, 2.24) is 0 Å². The smallest absolute Gasteiger partial charge is 0.159 e. The van der Waals surface area contributed by atoms with Crippen molar-refractivity contribution in [2.45, 2.75) is 11.8 Å². The van der Waals surface area contributed by atoms with Crippen molar-refractivity contribution < 1.29 is 9.59 Å². The predicted octanol–water partition coefficient (Wildman–Crippen LogP) is 1.61. The van der Waals surface area contributed by atoms with E-state index in [1.165, 1.54) is 13.0 Å². The third-order valence-electron chi connectivity index (χ3n) is 1.56. The minimum Gasteiger partial charge on any atom is -0.298 e. The Kier molecular flexibility index (Phi) is 5.56. The van der Waals surface area contributed by atoms with Gasteiger partial charge in [-0.05, 0) is 19.1 Å². The van der Waals surface area contributed by atoms with E-state index < -0.39 is 0 Å². The van der Waals surface area contributed by atoms with Crippen LogP contribution < -0.4 is 0 Å². The summed E-state index contributed by atoms with van der Waals surface area (Å²) in [6.07, 6.45) is 0.689. The van der Waals surface area contributed by atoms with E-state index >= 15 is 0 Å². The second kappa shape index (κ2) is 5.60. The maximum atomic E-state index is 10.9. The molecular weight excluding hydrogens is 195 g/mol. The largest absolute Gasteiger partial charge is 0.298 e. The van der Waals surface area contributed by atoms with Crippen molar-refractivity contribution in [1.29, 1.82) is 0 Å². The third kappa shape index (κ3) is 3.27. The fourth-order valence-electron chi connectivity index (χ4n) is 0.868. The zero-order valence-corrected chi connectivity index (χ0v) is 10.5. The summed E-state index contributed by atoms with van der Waals surface area (Å²) in [7, 11) is 0.